The third-order valence-corrected chi connectivity index (χ3v) is 5.25. The molecule has 106 valence electrons. The van der Waals surface area contributed by atoms with Crippen molar-refractivity contribution in [2.45, 2.75) is 17.7 Å². The summed E-state index contributed by atoms with van der Waals surface area (Å²) in [7, 11) is -3.62. The number of benzene rings is 1. The Morgan fingerprint density at radius 2 is 2.21 bits per heavy atom. The van der Waals surface area contributed by atoms with Crippen molar-refractivity contribution in [2.24, 2.45) is 5.92 Å². The van der Waals surface area contributed by atoms with E-state index in [0.29, 0.717) is 19.5 Å². The van der Waals surface area contributed by atoms with E-state index in [-0.39, 0.29) is 23.1 Å². The molecule has 1 fully saturated rings. The molecule has 1 saturated heterocycles. The van der Waals surface area contributed by atoms with Crippen LogP contribution in [0.3, 0.4) is 0 Å². The highest BCUT2D eigenvalue weighted by molar-refractivity contribution is 7.89. The van der Waals surface area contributed by atoms with Gasteiger partial charge in [-0.15, -0.1) is 0 Å². The zero-order valence-electron chi connectivity index (χ0n) is 10.4. The van der Waals surface area contributed by atoms with Crippen LogP contribution in [0.1, 0.15) is 12.8 Å². The average molecular weight is 288 g/mol. The first-order valence-electron chi connectivity index (χ1n) is 6.11. The van der Waals surface area contributed by atoms with Gasteiger partial charge < -0.3 is 10.8 Å². The minimum Gasteiger partial charge on any atom is -0.396 e. The molecule has 19 heavy (non-hydrogen) atoms. The number of rotatable bonds is 4. The zero-order chi connectivity index (χ0) is 14.0. The summed E-state index contributed by atoms with van der Waals surface area (Å²) >= 11 is 0. The molecular weight excluding hydrogens is 271 g/mol. The van der Waals surface area contributed by atoms with Crippen molar-refractivity contribution >= 4 is 15.7 Å². The van der Waals surface area contributed by atoms with Crippen molar-refractivity contribution < 1.29 is 17.9 Å². The fraction of sp³-hybridized carbons (Fsp3) is 0.500. The van der Waals surface area contributed by atoms with Crippen LogP contribution < -0.4 is 5.73 Å². The molecule has 3 N–H and O–H groups in total. The molecule has 1 atom stereocenters. The molecule has 1 aliphatic heterocycles. The highest BCUT2D eigenvalue weighted by Crippen LogP contribution is 2.27. The Hall–Kier alpha value is -1.18. The van der Waals surface area contributed by atoms with Crippen LogP contribution in [0.5, 0.6) is 0 Å². The molecule has 2 rings (SSSR count). The summed E-state index contributed by atoms with van der Waals surface area (Å²) in [5.41, 5.74) is 5.23. The van der Waals surface area contributed by atoms with Gasteiger partial charge in [0.25, 0.3) is 0 Å². The van der Waals surface area contributed by atoms with Crippen molar-refractivity contribution in [1.29, 1.82) is 0 Å². The van der Waals surface area contributed by atoms with E-state index < -0.39 is 15.8 Å². The topological polar surface area (TPSA) is 83.6 Å². The number of nitrogen functional groups attached to an aromatic ring is 1. The first-order chi connectivity index (χ1) is 8.95. The van der Waals surface area contributed by atoms with Gasteiger partial charge in [0.1, 0.15) is 5.82 Å². The van der Waals surface area contributed by atoms with Crippen LogP contribution in [0.2, 0.25) is 0 Å². The van der Waals surface area contributed by atoms with Crippen molar-refractivity contribution in [1.82, 2.24) is 4.31 Å². The highest BCUT2D eigenvalue weighted by atomic mass is 32.2. The van der Waals surface area contributed by atoms with Crippen LogP contribution in [-0.4, -0.2) is 37.5 Å². The minimum absolute atomic E-state index is 0.0102. The summed E-state index contributed by atoms with van der Waals surface area (Å²) in [6, 6.07) is 3.42. The SMILES string of the molecule is Nc1cc(S(=O)(=O)N2CCC(CCO)C2)ccc1F. The Morgan fingerprint density at radius 3 is 2.84 bits per heavy atom. The molecule has 0 bridgehead atoms. The Kier molecular flexibility index (Phi) is 4.07. The van der Waals surface area contributed by atoms with E-state index >= 15 is 0 Å². The number of aliphatic hydroxyl groups excluding tert-OH is 1. The van der Waals surface area contributed by atoms with Crippen LogP contribution in [-0.2, 0) is 10.0 Å². The third-order valence-electron chi connectivity index (χ3n) is 3.39. The van der Waals surface area contributed by atoms with Crippen LogP contribution in [0.15, 0.2) is 23.1 Å². The molecule has 0 saturated carbocycles. The van der Waals surface area contributed by atoms with Gasteiger partial charge in [0.2, 0.25) is 10.0 Å². The average Bonchev–Trinajstić information content (AvgIpc) is 2.82. The number of anilines is 1. The Bertz CT molecular complexity index is 562. The van der Waals surface area contributed by atoms with Gasteiger partial charge >= 0.3 is 0 Å². The maximum Gasteiger partial charge on any atom is 0.243 e. The van der Waals surface area contributed by atoms with Gasteiger partial charge in [0, 0.05) is 19.7 Å². The quantitative estimate of drug-likeness (QED) is 0.803. The lowest BCUT2D eigenvalue weighted by Gasteiger charge is -2.16. The Labute approximate surface area is 111 Å². The van der Waals surface area contributed by atoms with Crippen LogP contribution in [0, 0.1) is 11.7 Å². The summed E-state index contributed by atoms with van der Waals surface area (Å²) in [6.45, 7) is 0.868. The standard InChI is InChI=1S/C12H17FN2O3S/c13-11-2-1-10(7-12(11)14)19(17,18)15-5-3-9(8-15)4-6-16/h1-2,7,9,16H,3-6,8,14H2. The van der Waals surface area contributed by atoms with Gasteiger partial charge in [-0.1, -0.05) is 0 Å². The molecule has 0 radical (unpaired) electrons. The van der Waals surface area contributed by atoms with E-state index in [0.717, 1.165) is 18.6 Å². The van der Waals surface area contributed by atoms with Crippen LogP contribution >= 0.6 is 0 Å². The lowest BCUT2D eigenvalue weighted by Crippen LogP contribution is -2.29. The molecule has 5 nitrogen and oxygen atoms in total. The molecule has 7 heteroatoms. The van der Waals surface area contributed by atoms with E-state index in [1.807, 2.05) is 0 Å². The first-order valence-corrected chi connectivity index (χ1v) is 7.55. The smallest absolute Gasteiger partial charge is 0.243 e. The van der Waals surface area contributed by atoms with Gasteiger partial charge in [-0.3, -0.25) is 0 Å². The molecule has 0 aromatic heterocycles. The lowest BCUT2D eigenvalue weighted by molar-refractivity contribution is 0.259. The van der Waals surface area contributed by atoms with Gasteiger partial charge in [0.15, 0.2) is 0 Å². The maximum atomic E-state index is 13.1. The predicted octanol–water partition coefficient (Wildman–Crippen LogP) is 0.801. The van der Waals surface area contributed by atoms with Gasteiger partial charge in [-0.05, 0) is 37.0 Å². The molecule has 1 aromatic carbocycles. The molecule has 1 aromatic rings. The predicted molar refractivity (Wildman–Crippen MR) is 69.4 cm³/mol. The fourth-order valence-corrected chi connectivity index (χ4v) is 3.83. The Balaban J connectivity index is 2.21. The number of hydrogen-bond acceptors (Lipinski definition) is 4. The summed E-state index contributed by atoms with van der Waals surface area (Å²) in [6.07, 6.45) is 1.33. The van der Waals surface area contributed by atoms with Gasteiger partial charge in [-0.2, -0.15) is 4.31 Å². The maximum absolute atomic E-state index is 13.1. The normalized spacial score (nSPS) is 20.8. The highest BCUT2D eigenvalue weighted by Gasteiger charge is 2.32. The van der Waals surface area contributed by atoms with Crippen LogP contribution in [0.4, 0.5) is 10.1 Å². The van der Waals surface area contributed by atoms with E-state index in [9.17, 15) is 12.8 Å². The third kappa shape index (κ3) is 2.88. The largest absolute Gasteiger partial charge is 0.396 e. The van der Waals surface area contributed by atoms with Gasteiger partial charge in [-0.25, -0.2) is 12.8 Å². The molecule has 1 aliphatic rings. The van der Waals surface area contributed by atoms with Crippen molar-refractivity contribution in [3.05, 3.63) is 24.0 Å². The number of nitrogens with two attached hydrogens (primary N) is 1. The molecule has 0 amide bonds. The molecule has 1 unspecified atom stereocenters. The lowest BCUT2D eigenvalue weighted by atomic mass is 10.1. The first kappa shape index (κ1) is 14.2. The van der Waals surface area contributed by atoms with E-state index in [2.05, 4.69) is 0 Å². The van der Waals surface area contributed by atoms with Crippen molar-refractivity contribution in [2.75, 3.05) is 25.4 Å². The molecular formula is C12H17FN2O3S. The summed E-state index contributed by atoms with van der Waals surface area (Å²) in [5.74, 6) is -0.448. The number of sulfonamides is 1. The number of aliphatic hydroxyl groups is 1. The second kappa shape index (κ2) is 5.44. The van der Waals surface area contributed by atoms with Crippen molar-refractivity contribution in [3.63, 3.8) is 0 Å². The minimum atomic E-state index is -3.62. The molecule has 0 spiro atoms. The van der Waals surface area contributed by atoms with E-state index in [1.165, 1.54) is 10.4 Å². The summed E-state index contributed by atoms with van der Waals surface area (Å²) < 4.78 is 39.1. The van der Waals surface area contributed by atoms with E-state index in [4.69, 9.17) is 10.8 Å². The molecule has 1 heterocycles. The van der Waals surface area contributed by atoms with Gasteiger partial charge in [0.05, 0.1) is 10.6 Å². The zero-order valence-corrected chi connectivity index (χ0v) is 11.2. The molecule has 0 aliphatic carbocycles. The summed E-state index contributed by atoms with van der Waals surface area (Å²) in [5, 5.41) is 8.87. The Morgan fingerprint density at radius 1 is 1.47 bits per heavy atom. The monoisotopic (exact) mass is 288 g/mol. The number of nitrogens with zero attached hydrogens (tertiary/aromatic N) is 1. The van der Waals surface area contributed by atoms with E-state index in [1.54, 1.807) is 0 Å². The summed E-state index contributed by atoms with van der Waals surface area (Å²) in [4.78, 5) is 0.0102. The second-order valence-electron chi connectivity index (χ2n) is 4.71. The second-order valence-corrected chi connectivity index (χ2v) is 6.65. The fourth-order valence-electron chi connectivity index (χ4n) is 2.26. The van der Waals surface area contributed by atoms with Crippen LogP contribution in [0.25, 0.3) is 0 Å². The van der Waals surface area contributed by atoms with Crippen molar-refractivity contribution in [3.8, 4) is 0 Å². The number of halogens is 1. The number of hydrogen-bond donors (Lipinski definition) is 2.